The lowest BCUT2D eigenvalue weighted by Crippen LogP contribution is -1.90. The van der Waals surface area contributed by atoms with Gasteiger partial charge in [-0.2, -0.15) is 12.6 Å². The van der Waals surface area contributed by atoms with Gasteiger partial charge in [-0.25, -0.2) is 4.98 Å². The van der Waals surface area contributed by atoms with Gasteiger partial charge in [0, 0.05) is 25.2 Å². The van der Waals surface area contributed by atoms with Crippen molar-refractivity contribution in [2.75, 3.05) is 11.5 Å². The van der Waals surface area contributed by atoms with Crippen LogP contribution in [-0.4, -0.2) is 21.1 Å². The van der Waals surface area contributed by atoms with Gasteiger partial charge in [-0.15, -0.1) is 0 Å². The number of unbranched alkanes of at least 4 members (excludes halogenated alkanes) is 2. The summed E-state index contributed by atoms with van der Waals surface area (Å²) >= 11 is 6.01. The Morgan fingerprint density at radius 1 is 1.46 bits per heavy atom. The normalized spacial score (nSPS) is 10.6. The molecule has 0 saturated carbocycles. The lowest BCUT2D eigenvalue weighted by Gasteiger charge is -2.00. The molecule has 4 heteroatoms. The highest BCUT2D eigenvalue weighted by Crippen LogP contribution is 2.16. The van der Waals surface area contributed by atoms with Crippen LogP contribution in [0.4, 0.5) is 0 Å². The summed E-state index contributed by atoms with van der Waals surface area (Å²) in [5.74, 6) is 2.17. The maximum absolute atomic E-state index is 4.24. The van der Waals surface area contributed by atoms with Gasteiger partial charge < -0.3 is 4.57 Å². The van der Waals surface area contributed by atoms with E-state index in [-0.39, 0.29) is 0 Å². The summed E-state index contributed by atoms with van der Waals surface area (Å²) < 4.78 is 2.06. The van der Waals surface area contributed by atoms with Gasteiger partial charge in [-0.05, 0) is 18.6 Å². The van der Waals surface area contributed by atoms with Crippen LogP contribution in [0.25, 0.3) is 0 Å². The van der Waals surface area contributed by atoms with Gasteiger partial charge in [0.15, 0.2) is 5.16 Å². The van der Waals surface area contributed by atoms with Crippen LogP contribution in [0.15, 0.2) is 17.6 Å². The number of hydrogen-bond donors (Lipinski definition) is 1. The molecule has 1 aromatic rings. The van der Waals surface area contributed by atoms with Crippen molar-refractivity contribution in [1.29, 1.82) is 0 Å². The second kappa shape index (κ2) is 6.38. The van der Waals surface area contributed by atoms with E-state index in [0.717, 1.165) is 10.9 Å². The molecule has 0 saturated heterocycles. The molecule has 0 atom stereocenters. The number of thioether (sulfide) groups is 1. The fraction of sp³-hybridized carbons (Fsp3) is 0.667. The lowest BCUT2D eigenvalue weighted by atomic mass is 10.3. The Bertz CT molecular complexity index is 235. The zero-order chi connectivity index (χ0) is 9.52. The molecule has 0 aliphatic carbocycles. The van der Waals surface area contributed by atoms with Crippen molar-refractivity contribution in [3.05, 3.63) is 12.4 Å². The van der Waals surface area contributed by atoms with E-state index in [9.17, 15) is 0 Å². The number of hydrogen-bond acceptors (Lipinski definition) is 3. The van der Waals surface area contributed by atoms with E-state index in [1.54, 1.807) is 0 Å². The van der Waals surface area contributed by atoms with Crippen LogP contribution in [0.2, 0.25) is 0 Å². The monoisotopic (exact) mass is 216 g/mol. The minimum Gasteiger partial charge on any atom is -0.329 e. The SMILES string of the molecule is Cn1ccnc1SCCCCCS. The van der Waals surface area contributed by atoms with Gasteiger partial charge in [-0.1, -0.05) is 18.2 Å². The number of rotatable bonds is 6. The van der Waals surface area contributed by atoms with E-state index in [1.165, 1.54) is 25.0 Å². The van der Waals surface area contributed by atoms with E-state index in [2.05, 4.69) is 22.2 Å². The molecular weight excluding hydrogens is 200 g/mol. The molecule has 0 fully saturated rings. The zero-order valence-electron chi connectivity index (χ0n) is 7.94. The van der Waals surface area contributed by atoms with E-state index >= 15 is 0 Å². The molecule has 1 aromatic heterocycles. The van der Waals surface area contributed by atoms with Crippen LogP contribution in [0, 0.1) is 0 Å². The average molecular weight is 216 g/mol. The number of nitrogens with zero attached hydrogens (tertiary/aromatic N) is 2. The second-order valence-corrected chi connectivity index (χ2v) is 4.46. The Balaban J connectivity index is 2.10. The van der Waals surface area contributed by atoms with Crippen molar-refractivity contribution >= 4 is 24.4 Å². The minimum absolute atomic E-state index is 1.01. The minimum atomic E-state index is 1.01. The van der Waals surface area contributed by atoms with Crippen LogP contribution in [-0.2, 0) is 7.05 Å². The largest absolute Gasteiger partial charge is 0.329 e. The third kappa shape index (κ3) is 4.09. The van der Waals surface area contributed by atoms with Crippen molar-refractivity contribution in [1.82, 2.24) is 9.55 Å². The summed E-state index contributed by atoms with van der Waals surface area (Å²) in [6.07, 6.45) is 7.59. The molecule has 1 rings (SSSR count). The fourth-order valence-corrected chi connectivity index (χ4v) is 2.20. The predicted molar refractivity (Wildman–Crippen MR) is 61.6 cm³/mol. The Morgan fingerprint density at radius 2 is 2.31 bits per heavy atom. The molecule has 0 spiro atoms. The molecule has 1 heterocycles. The molecule has 0 aromatic carbocycles. The molecular formula is C9H16N2S2. The molecule has 0 radical (unpaired) electrons. The highest BCUT2D eigenvalue weighted by Gasteiger charge is 1.98. The first kappa shape index (κ1) is 11.0. The first-order valence-corrected chi connectivity index (χ1v) is 6.17. The molecule has 74 valence electrons. The third-order valence-electron chi connectivity index (χ3n) is 1.81. The van der Waals surface area contributed by atoms with Crippen LogP contribution >= 0.6 is 24.4 Å². The molecule has 2 nitrogen and oxygen atoms in total. The zero-order valence-corrected chi connectivity index (χ0v) is 9.65. The molecule has 0 bridgehead atoms. The smallest absolute Gasteiger partial charge is 0.167 e. The average Bonchev–Trinajstić information content (AvgIpc) is 2.52. The van der Waals surface area contributed by atoms with Crippen molar-refractivity contribution in [3.63, 3.8) is 0 Å². The summed E-state index contributed by atoms with van der Waals surface area (Å²) in [5.41, 5.74) is 0. The van der Waals surface area contributed by atoms with E-state index in [4.69, 9.17) is 0 Å². The van der Waals surface area contributed by atoms with E-state index in [0.29, 0.717) is 0 Å². The van der Waals surface area contributed by atoms with Crippen LogP contribution in [0.5, 0.6) is 0 Å². The molecule has 0 N–H and O–H groups in total. The van der Waals surface area contributed by atoms with Crippen molar-refractivity contribution in [2.45, 2.75) is 24.4 Å². The highest BCUT2D eigenvalue weighted by molar-refractivity contribution is 7.99. The second-order valence-electron chi connectivity index (χ2n) is 2.95. The Kier molecular flexibility index (Phi) is 5.39. The van der Waals surface area contributed by atoms with Gasteiger partial charge in [0.25, 0.3) is 0 Å². The van der Waals surface area contributed by atoms with Gasteiger partial charge in [-0.3, -0.25) is 0 Å². The maximum Gasteiger partial charge on any atom is 0.167 e. The third-order valence-corrected chi connectivity index (χ3v) is 3.27. The van der Waals surface area contributed by atoms with Gasteiger partial charge in [0.1, 0.15) is 0 Å². The Hall–Kier alpha value is -0.0900. The molecule has 0 amide bonds. The summed E-state index contributed by atoms with van der Waals surface area (Å²) in [6, 6.07) is 0. The summed E-state index contributed by atoms with van der Waals surface area (Å²) in [5, 5.41) is 1.12. The number of aromatic nitrogens is 2. The highest BCUT2D eigenvalue weighted by atomic mass is 32.2. The lowest BCUT2D eigenvalue weighted by molar-refractivity contribution is 0.771. The van der Waals surface area contributed by atoms with Gasteiger partial charge in [0.05, 0.1) is 0 Å². The van der Waals surface area contributed by atoms with Crippen molar-refractivity contribution < 1.29 is 0 Å². The van der Waals surface area contributed by atoms with Gasteiger partial charge >= 0.3 is 0 Å². The van der Waals surface area contributed by atoms with Crippen LogP contribution < -0.4 is 0 Å². The first-order chi connectivity index (χ1) is 6.34. The predicted octanol–water partition coefficient (Wildman–Crippen LogP) is 2.61. The number of imidazole rings is 1. The molecule has 0 unspecified atom stereocenters. The summed E-state index contributed by atoms with van der Waals surface area (Å²) in [6.45, 7) is 0. The quantitative estimate of drug-likeness (QED) is 0.447. The summed E-state index contributed by atoms with van der Waals surface area (Å²) in [7, 11) is 2.03. The number of thiol groups is 1. The standard InChI is InChI=1S/C9H16N2S2/c1-11-6-5-10-9(11)13-8-4-2-3-7-12/h5-6,12H,2-4,7-8H2,1H3. The van der Waals surface area contributed by atoms with Crippen molar-refractivity contribution in [3.8, 4) is 0 Å². The Labute approximate surface area is 89.5 Å². The molecule has 0 aliphatic rings. The van der Waals surface area contributed by atoms with E-state index < -0.39 is 0 Å². The van der Waals surface area contributed by atoms with Crippen LogP contribution in [0.1, 0.15) is 19.3 Å². The molecule has 13 heavy (non-hydrogen) atoms. The Morgan fingerprint density at radius 3 is 2.92 bits per heavy atom. The van der Waals surface area contributed by atoms with Gasteiger partial charge in [0.2, 0.25) is 0 Å². The topological polar surface area (TPSA) is 17.8 Å². The summed E-state index contributed by atoms with van der Waals surface area (Å²) in [4.78, 5) is 4.24. The van der Waals surface area contributed by atoms with Crippen LogP contribution in [0.3, 0.4) is 0 Å². The maximum atomic E-state index is 4.24. The van der Waals surface area contributed by atoms with E-state index in [1.807, 2.05) is 31.2 Å². The fourth-order valence-electron chi connectivity index (χ4n) is 1.05. The first-order valence-electron chi connectivity index (χ1n) is 4.55. The molecule has 0 aliphatic heterocycles. The number of aryl methyl sites for hydroxylation is 1. The van der Waals surface area contributed by atoms with Crippen molar-refractivity contribution in [2.24, 2.45) is 7.05 Å².